The van der Waals surface area contributed by atoms with Crippen molar-refractivity contribution in [3.63, 3.8) is 0 Å². The van der Waals surface area contributed by atoms with Crippen LogP contribution in [0.5, 0.6) is 0 Å². The first-order valence-electron chi connectivity index (χ1n) is 0.775. The van der Waals surface area contributed by atoms with Crippen LogP contribution in [0.25, 0.3) is 0 Å². The third kappa shape index (κ3) is 2.09. The molecule has 0 aromatic heterocycles. The van der Waals surface area contributed by atoms with Gasteiger partial charge in [0, 0.05) is 0 Å². The maximum atomic E-state index is 7.56. The van der Waals surface area contributed by atoms with Crippen molar-refractivity contribution in [3.8, 4) is 0 Å². The average Bonchev–Trinajstić information content (AvgIpc) is 1.37. The van der Waals surface area contributed by atoms with Crippen molar-refractivity contribution >= 4 is 16.7 Å². The predicted octanol–water partition coefficient (Wildman–Crippen LogP) is -0.428. The summed E-state index contributed by atoms with van der Waals surface area (Å²) < 4.78 is 3.08. The topological polar surface area (TPSA) is 32.6 Å². The zero-order valence-electron chi connectivity index (χ0n) is 2.05. The first kappa shape index (κ1) is 4.09. The molecule has 0 spiro atoms. The number of hydrogen-bond acceptors (Lipinski definition) is 1. The average molecular weight is 74.8 g/mol. The van der Waals surface area contributed by atoms with Crippen molar-refractivity contribution in [1.29, 1.82) is 0 Å². The summed E-state index contributed by atoms with van der Waals surface area (Å²) >= 11 is 0. The molecule has 0 fully saturated rings. The fraction of sp³-hybridized carbons (Fsp3) is 0. The Balaban J connectivity index is 2.55. The van der Waals surface area contributed by atoms with E-state index in [2.05, 4.69) is 4.67 Å². The second-order valence-corrected chi connectivity index (χ2v) is 0.563. The molecule has 0 saturated heterocycles. The van der Waals surface area contributed by atoms with Crippen molar-refractivity contribution in [1.82, 2.24) is 0 Å². The molecule has 0 saturated carbocycles. The van der Waals surface area contributed by atoms with E-state index in [1.165, 1.54) is 0 Å². The Morgan fingerprint density at radius 3 is 2.25 bits per heavy atom. The van der Waals surface area contributed by atoms with Crippen molar-refractivity contribution in [2.45, 2.75) is 0 Å². The summed E-state index contributed by atoms with van der Waals surface area (Å²) in [5.41, 5.74) is 0. The van der Waals surface area contributed by atoms with Gasteiger partial charge in [-0.1, -0.05) is 0 Å². The normalized spacial score (nSPS) is 7.25. The van der Waals surface area contributed by atoms with E-state index >= 15 is 0 Å². The first-order chi connectivity index (χ1) is 1.91. The predicted molar refractivity (Wildman–Crippen MR) is 20.1 cm³/mol. The van der Waals surface area contributed by atoms with E-state index in [-0.39, 0.29) is 0 Å². The van der Waals surface area contributed by atoms with Crippen molar-refractivity contribution in [2.75, 3.05) is 0 Å². The van der Waals surface area contributed by atoms with Crippen LogP contribution < -0.4 is 0 Å². The van der Waals surface area contributed by atoms with E-state index < -0.39 is 0 Å². The van der Waals surface area contributed by atoms with Crippen molar-refractivity contribution < 1.29 is 5.02 Å². The molecule has 0 aliphatic heterocycles. The van der Waals surface area contributed by atoms with Crippen LogP contribution in [0.3, 0.4) is 0 Å². The van der Waals surface area contributed by atoms with Gasteiger partial charge in [-0.25, -0.2) is 0 Å². The maximum absolute atomic E-state index is 7.56. The summed E-state index contributed by atoms with van der Waals surface area (Å²) in [7, 11) is 2.69. The molecule has 2 nitrogen and oxygen atoms in total. The molecule has 1 unspecified atom stereocenters. The third-order valence-electron chi connectivity index (χ3n) is 0.0667. The molecule has 0 aromatic carbocycles. The van der Waals surface area contributed by atoms with E-state index in [1.54, 1.807) is 0 Å². The summed E-state index contributed by atoms with van der Waals surface area (Å²) in [6, 6.07) is 0. The van der Waals surface area contributed by atoms with E-state index in [0.29, 0.717) is 7.27 Å². The van der Waals surface area contributed by atoms with Gasteiger partial charge in [-0.05, 0) is 0 Å². The minimum atomic E-state index is 0.713. The first-order valence-corrected chi connectivity index (χ1v) is 1.29. The molecule has 1 atom stereocenters. The van der Waals surface area contributed by atoms with E-state index in [1.807, 2.05) is 9.39 Å². The van der Waals surface area contributed by atoms with Gasteiger partial charge in [-0.15, -0.1) is 0 Å². The Bertz CT molecular complexity index is 23.2. The second-order valence-electron chi connectivity index (χ2n) is 0.265. The van der Waals surface area contributed by atoms with Crippen LogP contribution in [-0.2, 0) is 0 Å². The molecule has 22 valence electrons. The summed E-state index contributed by atoms with van der Waals surface area (Å²) in [5, 5.41) is 7.56. The van der Waals surface area contributed by atoms with Crippen LogP contribution in [0.4, 0.5) is 0 Å². The molecule has 0 bridgehead atoms. The van der Waals surface area contributed by atoms with Crippen LogP contribution in [0.2, 0.25) is 0 Å². The van der Waals surface area contributed by atoms with Gasteiger partial charge in [-0.2, -0.15) is 0 Å². The molecule has 0 aliphatic carbocycles. The molecule has 0 aliphatic rings. The fourth-order valence-corrected chi connectivity index (χ4v) is 0. The van der Waals surface area contributed by atoms with Gasteiger partial charge in [0.25, 0.3) is 0 Å². The van der Waals surface area contributed by atoms with Gasteiger partial charge in [0.2, 0.25) is 0 Å². The summed E-state index contributed by atoms with van der Waals surface area (Å²) in [5.74, 6) is 0. The monoisotopic (exact) mass is 75.0 g/mol. The Hall–Kier alpha value is 0.0949. The number of nitrogens with zero attached hydrogens (tertiary/aromatic N) is 1. The van der Waals surface area contributed by atoms with Crippen molar-refractivity contribution in [2.24, 2.45) is 4.67 Å². The van der Waals surface area contributed by atoms with Crippen LogP contribution in [0.15, 0.2) is 4.67 Å². The molecule has 4 heavy (non-hydrogen) atoms. The molecule has 0 rings (SSSR count). The minimum absolute atomic E-state index is 0.713. The standard InChI is InChI=1S/BH3NOP/c3-1-2-4/h3H,4H2. The molecular weight excluding hydrogens is 71.8 g/mol. The summed E-state index contributed by atoms with van der Waals surface area (Å²) in [6.07, 6.45) is 0. The molecule has 1 N–H and O–H groups in total. The molecule has 4 heteroatoms. The van der Waals surface area contributed by atoms with Crippen molar-refractivity contribution in [3.05, 3.63) is 0 Å². The molecular formula is H3BNOP. The van der Waals surface area contributed by atoms with Crippen LogP contribution in [-0.4, -0.2) is 12.3 Å². The molecule has 0 aromatic rings. The van der Waals surface area contributed by atoms with Gasteiger partial charge >= 0.3 is 26.4 Å². The van der Waals surface area contributed by atoms with E-state index in [4.69, 9.17) is 5.02 Å². The summed E-state index contributed by atoms with van der Waals surface area (Å²) in [4.78, 5) is 0. The molecule has 0 radical (unpaired) electrons. The second kappa shape index (κ2) is 3.09. The Morgan fingerprint density at radius 2 is 2.25 bits per heavy atom. The third-order valence-corrected chi connectivity index (χ3v) is 0.200. The summed E-state index contributed by atoms with van der Waals surface area (Å²) in [6.45, 7) is 0. The molecule has 0 amide bonds. The fourth-order valence-electron chi connectivity index (χ4n) is 0. The van der Waals surface area contributed by atoms with E-state index in [9.17, 15) is 0 Å². The van der Waals surface area contributed by atoms with Crippen LogP contribution >= 0.6 is 9.39 Å². The van der Waals surface area contributed by atoms with Gasteiger partial charge in [0.15, 0.2) is 0 Å². The zero-order valence-corrected chi connectivity index (χ0v) is 3.20. The Kier molecular flexibility index (Phi) is 3.17. The number of rotatable bonds is 0. The SMILES string of the molecule is OB=NP. The quantitative estimate of drug-likeness (QED) is 0.307. The van der Waals surface area contributed by atoms with Crippen LogP contribution in [0.1, 0.15) is 0 Å². The molecule has 0 heterocycles. The Labute approximate surface area is 27.5 Å². The van der Waals surface area contributed by atoms with E-state index in [0.717, 1.165) is 0 Å². The van der Waals surface area contributed by atoms with Gasteiger partial charge in [-0.3, -0.25) is 0 Å². The van der Waals surface area contributed by atoms with Gasteiger partial charge in [0.05, 0.1) is 0 Å². The number of hydrogen-bond donors (Lipinski definition) is 1. The van der Waals surface area contributed by atoms with Gasteiger partial charge < -0.3 is 0 Å². The van der Waals surface area contributed by atoms with Crippen LogP contribution in [0, 0.1) is 0 Å². The zero-order chi connectivity index (χ0) is 3.41. The Morgan fingerprint density at radius 1 is 2.00 bits per heavy atom. The van der Waals surface area contributed by atoms with Gasteiger partial charge in [0.1, 0.15) is 0 Å².